The van der Waals surface area contributed by atoms with E-state index < -0.39 is 0 Å². The molecule has 0 saturated carbocycles. The van der Waals surface area contributed by atoms with E-state index in [0.29, 0.717) is 25.7 Å². The van der Waals surface area contributed by atoms with Crippen molar-refractivity contribution in [2.24, 2.45) is 5.92 Å². The third-order valence-electron chi connectivity index (χ3n) is 8.22. The highest BCUT2D eigenvalue weighted by Gasteiger charge is 2.34. The minimum Gasteiger partial charge on any atom is -0.489 e. The van der Waals surface area contributed by atoms with Gasteiger partial charge >= 0.3 is 6.09 Å². The lowest BCUT2D eigenvalue weighted by Crippen LogP contribution is -2.44. The van der Waals surface area contributed by atoms with Gasteiger partial charge < -0.3 is 23.8 Å². The van der Waals surface area contributed by atoms with Crippen LogP contribution in [0.25, 0.3) is 0 Å². The Kier molecular flexibility index (Phi) is 8.38. The van der Waals surface area contributed by atoms with Gasteiger partial charge in [0.2, 0.25) is 0 Å². The van der Waals surface area contributed by atoms with E-state index in [4.69, 9.17) is 18.9 Å². The number of nitrogens with zero attached hydrogens (tertiary/aromatic N) is 2. The Hall–Kier alpha value is -3.71. The fraction of sp³-hybridized carbons (Fsp3) is 0.424. The van der Waals surface area contributed by atoms with Crippen LogP contribution in [0.2, 0.25) is 0 Å². The number of fused-ring (bicyclic) bond motifs is 1. The highest BCUT2D eigenvalue weighted by molar-refractivity contribution is 5.70. The number of hydrogen-bond acceptors (Lipinski definition) is 6. The van der Waals surface area contributed by atoms with Crippen molar-refractivity contribution >= 4 is 6.09 Å². The molecule has 40 heavy (non-hydrogen) atoms. The molecular weight excluding hydrogens is 504 g/mol. The lowest BCUT2D eigenvalue weighted by molar-refractivity contribution is 0.0463. The first-order chi connectivity index (χ1) is 19.7. The van der Waals surface area contributed by atoms with Crippen LogP contribution in [-0.2, 0) is 17.8 Å². The predicted octanol–water partition coefficient (Wildman–Crippen LogP) is 5.57. The molecule has 0 aromatic heterocycles. The molecule has 2 atom stereocenters. The summed E-state index contributed by atoms with van der Waals surface area (Å²) >= 11 is 0. The summed E-state index contributed by atoms with van der Waals surface area (Å²) in [6.45, 7) is 5.26. The molecule has 3 aliphatic heterocycles. The van der Waals surface area contributed by atoms with Crippen molar-refractivity contribution in [3.05, 3.63) is 90.0 Å². The molecule has 7 heteroatoms. The van der Waals surface area contributed by atoms with Crippen LogP contribution in [0.15, 0.2) is 78.9 Å². The molecule has 0 bridgehead atoms. The topological polar surface area (TPSA) is 60.5 Å². The first kappa shape index (κ1) is 26.5. The molecule has 2 fully saturated rings. The second-order valence-corrected chi connectivity index (χ2v) is 11.1. The quantitative estimate of drug-likeness (QED) is 0.334. The van der Waals surface area contributed by atoms with Crippen molar-refractivity contribution in [3.63, 3.8) is 0 Å². The zero-order valence-corrected chi connectivity index (χ0v) is 23.0. The van der Waals surface area contributed by atoms with Gasteiger partial charge in [-0.3, -0.25) is 4.90 Å². The van der Waals surface area contributed by atoms with Gasteiger partial charge in [0.1, 0.15) is 31.7 Å². The number of carbonyl (C=O) groups excluding carboxylic acids is 1. The summed E-state index contributed by atoms with van der Waals surface area (Å²) < 4.78 is 23.7. The summed E-state index contributed by atoms with van der Waals surface area (Å²) in [7, 11) is 0. The van der Waals surface area contributed by atoms with Crippen molar-refractivity contribution in [2.75, 3.05) is 39.4 Å². The molecule has 3 aromatic rings. The normalized spacial score (nSPS) is 21.3. The maximum Gasteiger partial charge on any atom is 0.410 e. The number of amides is 1. The van der Waals surface area contributed by atoms with E-state index in [1.807, 2.05) is 59.5 Å². The molecule has 7 nitrogen and oxygen atoms in total. The fourth-order valence-corrected chi connectivity index (χ4v) is 5.90. The van der Waals surface area contributed by atoms with Gasteiger partial charge in [0, 0.05) is 19.2 Å². The SMILES string of the molecule is O=C1OCC(Cc2ccccc2)N1CCC1CCN(CC2COc3cc(OCc4ccccc4)ccc3O2)CC1. The number of cyclic esters (lactones) is 1. The summed E-state index contributed by atoms with van der Waals surface area (Å²) in [6, 6.07) is 26.4. The van der Waals surface area contributed by atoms with Crippen LogP contribution in [0.4, 0.5) is 4.79 Å². The van der Waals surface area contributed by atoms with E-state index >= 15 is 0 Å². The zero-order valence-electron chi connectivity index (χ0n) is 23.0. The molecule has 6 rings (SSSR count). The zero-order chi connectivity index (χ0) is 27.1. The van der Waals surface area contributed by atoms with Crippen molar-refractivity contribution in [1.82, 2.24) is 9.80 Å². The molecule has 0 aliphatic carbocycles. The van der Waals surface area contributed by atoms with E-state index in [1.54, 1.807) is 0 Å². The maximum absolute atomic E-state index is 12.4. The summed E-state index contributed by atoms with van der Waals surface area (Å²) in [6.07, 6.45) is 4.00. The molecule has 0 N–H and O–H groups in total. The van der Waals surface area contributed by atoms with Crippen LogP contribution < -0.4 is 14.2 Å². The summed E-state index contributed by atoms with van der Waals surface area (Å²) in [5, 5.41) is 0. The van der Waals surface area contributed by atoms with Crippen molar-refractivity contribution < 1.29 is 23.7 Å². The van der Waals surface area contributed by atoms with E-state index in [-0.39, 0.29) is 18.2 Å². The predicted molar refractivity (Wildman–Crippen MR) is 153 cm³/mol. The Morgan fingerprint density at radius 3 is 2.35 bits per heavy atom. The second-order valence-electron chi connectivity index (χ2n) is 11.1. The average Bonchev–Trinajstić information content (AvgIpc) is 3.35. The van der Waals surface area contributed by atoms with Gasteiger partial charge in [0.05, 0.1) is 6.04 Å². The van der Waals surface area contributed by atoms with Crippen LogP contribution in [0.3, 0.4) is 0 Å². The number of likely N-dealkylation sites (tertiary alicyclic amines) is 1. The van der Waals surface area contributed by atoms with Gasteiger partial charge in [-0.1, -0.05) is 60.7 Å². The maximum atomic E-state index is 12.4. The number of piperidine rings is 1. The first-order valence-electron chi connectivity index (χ1n) is 14.5. The first-order valence-corrected chi connectivity index (χ1v) is 14.5. The Labute approximate surface area is 236 Å². The van der Waals surface area contributed by atoms with Crippen molar-refractivity contribution in [3.8, 4) is 17.2 Å². The molecule has 2 unspecified atom stereocenters. The third kappa shape index (κ3) is 6.70. The molecule has 1 amide bonds. The monoisotopic (exact) mass is 542 g/mol. The van der Waals surface area contributed by atoms with Crippen molar-refractivity contribution in [1.29, 1.82) is 0 Å². The number of ether oxygens (including phenoxy) is 4. The van der Waals surface area contributed by atoms with E-state index in [2.05, 4.69) is 29.2 Å². The second kappa shape index (κ2) is 12.6. The number of benzene rings is 3. The third-order valence-corrected chi connectivity index (χ3v) is 8.22. The van der Waals surface area contributed by atoms with Gasteiger partial charge in [0.15, 0.2) is 11.5 Å². The lowest BCUT2D eigenvalue weighted by Gasteiger charge is -2.36. The van der Waals surface area contributed by atoms with Gasteiger partial charge in [-0.05, 0) is 68.0 Å². The molecular formula is C33H38N2O5. The average molecular weight is 543 g/mol. The Bertz CT molecular complexity index is 1250. The van der Waals surface area contributed by atoms with Crippen LogP contribution in [0, 0.1) is 5.92 Å². The van der Waals surface area contributed by atoms with E-state index in [0.717, 1.165) is 74.7 Å². The van der Waals surface area contributed by atoms with Crippen LogP contribution >= 0.6 is 0 Å². The number of rotatable bonds is 10. The molecule has 3 aromatic carbocycles. The summed E-state index contributed by atoms with van der Waals surface area (Å²) in [5.74, 6) is 2.92. The smallest absolute Gasteiger partial charge is 0.410 e. The molecule has 0 spiro atoms. The molecule has 3 heterocycles. The Morgan fingerprint density at radius 1 is 0.825 bits per heavy atom. The molecule has 3 aliphatic rings. The highest BCUT2D eigenvalue weighted by Crippen LogP contribution is 2.36. The minimum absolute atomic E-state index is 0.0123. The number of carbonyl (C=O) groups is 1. The minimum atomic E-state index is -0.164. The Morgan fingerprint density at radius 2 is 1.57 bits per heavy atom. The Balaban J connectivity index is 0.926. The molecule has 0 radical (unpaired) electrons. The van der Waals surface area contributed by atoms with E-state index in [9.17, 15) is 4.79 Å². The summed E-state index contributed by atoms with van der Waals surface area (Å²) in [5.41, 5.74) is 2.38. The molecule has 210 valence electrons. The van der Waals surface area contributed by atoms with Crippen LogP contribution in [-0.4, -0.2) is 67.4 Å². The van der Waals surface area contributed by atoms with Crippen LogP contribution in [0.5, 0.6) is 17.2 Å². The molecule has 2 saturated heterocycles. The van der Waals surface area contributed by atoms with Gasteiger partial charge in [0.25, 0.3) is 0 Å². The highest BCUT2D eigenvalue weighted by atomic mass is 16.6. The fourth-order valence-electron chi connectivity index (χ4n) is 5.90. The van der Waals surface area contributed by atoms with Crippen molar-refractivity contribution in [2.45, 2.75) is 44.4 Å². The van der Waals surface area contributed by atoms with Crippen LogP contribution in [0.1, 0.15) is 30.4 Å². The van der Waals surface area contributed by atoms with Gasteiger partial charge in [-0.2, -0.15) is 0 Å². The standard InChI is InChI=1S/C33H38N2O5/c36-33-35(28(23-39-33)19-26-7-3-1-4-8-26)18-15-25-13-16-34(17-14-25)21-30-24-38-32-20-29(11-12-31(32)40-30)37-22-27-9-5-2-6-10-27/h1-12,20,25,28,30H,13-19,21-24H2. The van der Waals surface area contributed by atoms with E-state index in [1.165, 1.54) is 5.56 Å². The van der Waals surface area contributed by atoms with Gasteiger partial charge in [-0.15, -0.1) is 0 Å². The lowest BCUT2D eigenvalue weighted by atomic mass is 9.93. The number of hydrogen-bond donors (Lipinski definition) is 0. The largest absolute Gasteiger partial charge is 0.489 e. The summed E-state index contributed by atoms with van der Waals surface area (Å²) in [4.78, 5) is 16.8. The van der Waals surface area contributed by atoms with Gasteiger partial charge in [-0.25, -0.2) is 4.79 Å².